The summed E-state index contributed by atoms with van der Waals surface area (Å²) < 4.78 is 0. The third-order valence-electron chi connectivity index (χ3n) is 4.69. The van der Waals surface area contributed by atoms with E-state index in [2.05, 4.69) is 33.2 Å². The number of aromatic nitrogens is 2. The molecule has 1 amide bonds. The molecule has 2 aromatic rings. The largest absolute Gasteiger partial charge is 0.367 e. The fourth-order valence-electron chi connectivity index (χ4n) is 3.12. The topological polar surface area (TPSA) is 61.4 Å². The van der Waals surface area contributed by atoms with Crippen LogP contribution in [0.1, 0.15) is 30.5 Å². The van der Waals surface area contributed by atoms with Gasteiger partial charge >= 0.3 is 0 Å². The molecular weight excluding hydrogens is 334 g/mol. The Morgan fingerprint density at radius 1 is 1.36 bits per heavy atom. The van der Waals surface area contributed by atoms with Gasteiger partial charge in [-0.3, -0.25) is 9.69 Å². The van der Waals surface area contributed by atoms with Crippen LogP contribution in [0, 0.1) is 6.92 Å². The fraction of sp³-hybridized carbons (Fsp3) is 0.611. The zero-order valence-electron chi connectivity index (χ0n) is 15.5. The lowest BCUT2D eigenvalue weighted by atomic mass is 10.0. The maximum absolute atomic E-state index is 11.9. The van der Waals surface area contributed by atoms with E-state index < -0.39 is 0 Å². The Bertz CT molecular complexity index is 749. The van der Waals surface area contributed by atoms with Crippen LogP contribution in [0.2, 0.25) is 0 Å². The number of likely N-dealkylation sites (tertiary alicyclic amines) is 1. The molecule has 0 atom stereocenters. The summed E-state index contributed by atoms with van der Waals surface area (Å²) in [5.41, 5.74) is 0. The van der Waals surface area contributed by atoms with Crippen molar-refractivity contribution in [1.82, 2.24) is 19.8 Å². The number of anilines is 1. The molecule has 136 valence electrons. The number of amides is 1. The molecule has 0 spiro atoms. The van der Waals surface area contributed by atoms with Gasteiger partial charge in [0, 0.05) is 38.1 Å². The van der Waals surface area contributed by atoms with Crippen LogP contribution in [0.25, 0.3) is 10.2 Å². The Kier molecular flexibility index (Phi) is 5.54. The molecule has 0 bridgehead atoms. The molecule has 0 unspecified atom stereocenters. The average molecular weight is 362 g/mol. The average Bonchev–Trinajstić information content (AvgIpc) is 2.99. The normalized spacial score (nSPS) is 16.3. The van der Waals surface area contributed by atoms with Gasteiger partial charge in [-0.05, 0) is 32.3 Å². The van der Waals surface area contributed by atoms with Gasteiger partial charge < -0.3 is 10.2 Å². The number of rotatable bonds is 5. The maximum atomic E-state index is 11.9. The number of carbonyl (C=O) groups excluding carboxylic acids is 1. The van der Waals surface area contributed by atoms with Gasteiger partial charge in [-0.25, -0.2) is 9.97 Å². The van der Waals surface area contributed by atoms with E-state index in [0.717, 1.165) is 54.2 Å². The zero-order valence-corrected chi connectivity index (χ0v) is 16.3. The van der Waals surface area contributed by atoms with E-state index in [4.69, 9.17) is 0 Å². The van der Waals surface area contributed by atoms with Crippen molar-refractivity contribution in [3.63, 3.8) is 0 Å². The highest BCUT2D eigenvalue weighted by atomic mass is 32.1. The molecule has 3 heterocycles. The van der Waals surface area contributed by atoms with Gasteiger partial charge in [0.25, 0.3) is 0 Å². The highest BCUT2D eigenvalue weighted by Gasteiger charge is 2.22. The van der Waals surface area contributed by atoms with Crippen LogP contribution in [0.5, 0.6) is 0 Å². The quantitative estimate of drug-likeness (QED) is 0.887. The SMILES string of the molecule is CCc1cc2c(NC3CCN(CC(=O)N(C)C)CC3)nc(C)nc2s1. The molecular formula is C18H27N5OS. The Balaban J connectivity index is 1.65. The van der Waals surface area contributed by atoms with E-state index in [9.17, 15) is 4.79 Å². The first kappa shape index (κ1) is 18.1. The highest BCUT2D eigenvalue weighted by molar-refractivity contribution is 7.18. The lowest BCUT2D eigenvalue weighted by Crippen LogP contribution is -2.44. The minimum Gasteiger partial charge on any atom is -0.367 e. The smallest absolute Gasteiger partial charge is 0.236 e. The molecule has 2 aromatic heterocycles. The van der Waals surface area contributed by atoms with Gasteiger partial charge in [-0.2, -0.15) is 0 Å². The van der Waals surface area contributed by atoms with Crippen LogP contribution in [0.3, 0.4) is 0 Å². The fourth-order valence-corrected chi connectivity index (χ4v) is 4.14. The van der Waals surface area contributed by atoms with E-state index >= 15 is 0 Å². The van der Waals surface area contributed by atoms with Crippen molar-refractivity contribution in [2.24, 2.45) is 0 Å². The van der Waals surface area contributed by atoms with Crippen LogP contribution >= 0.6 is 11.3 Å². The number of nitrogens with one attached hydrogen (secondary N) is 1. The summed E-state index contributed by atoms with van der Waals surface area (Å²) in [7, 11) is 3.62. The Morgan fingerprint density at radius 2 is 2.08 bits per heavy atom. The van der Waals surface area contributed by atoms with Crippen LogP contribution in [-0.4, -0.2) is 65.4 Å². The summed E-state index contributed by atoms with van der Waals surface area (Å²) >= 11 is 1.76. The summed E-state index contributed by atoms with van der Waals surface area (Å²) in [4.78, 5) is 27.4. The van der Waals surface area contributed by atoms with Crippen molar-refractivity contribution in [3.8, 4) is 0 Å². The van der Waals surface area contributed by atoms with Crippen molar-refractivity contribution in [2.45, 2.75) is 39.2 Å². The number of nitrogens with zero attached hydrogens (tertiary/aromatic N) is 4. The van der Waals surface area contributed by atoms with E-state index in [1.807, 2.05) is 21.0 Å². The Hall–Kier alpha value is -1.73. The summed E-state index contributed by atoms with van der Waals surface area (Å²) in [5.74, 6) is 1.94. The van der Waals surface area contributed by atoms with E-state index in [-0.39, 0.29) is 5.91 Å². The summed E-state index contributed by atoms with van der Waals surface area (Å²) in [6.45, 7) is 6.51. The third-order valence-corrected chi connectivity index (χ3v) is 5.86. The van der Waals surface area contributed by atoms with Gasteiger partial charge in [0.05, 0.1) is 11.9 Å². The van der Waals surface area contributed by atoms with Crippen molar-refractivity contribution >= 4 is 33.3 Å². The lowest BCUT2D eigenvalue weighted by molar-refractivity contribution is -0.130. The summed E-state index contributed by atoms with van der Waals surface area (Å²) in [6, 6.07) is 2.61. The second-order valence-corrected chi connectivity index (χ2v) is 8.00. The van der Waals surface area contributed by atoms with Crippen LogP contribution < -0.4 is 5.32 Å². The molecule has 6 nitrogen and oxygen atoms in total. The number of thiophene rings is 1. The second-order valence-electron chi connectivity index (χ2n) is 6.89. The van der Waals surface area contributed by atoms with Crippen molar-refractivity contribution in [1.29, 1.82) is 0 Å². The minimum absolute atomic E-state index is 0.171. The van der Waals surface area contributed by atoms with E-state index in [1.54, 1.807) is 16.2 Å². The zero-order chi connectivity index (χ0) is 18.0. The van der Waals surface area contributed by atoms with Gasteiger partial charge in [0.15, 0.2) is 0 Å². The summed E-state index contributed by atoms with van der Waals surface area (Å²) in [5, 5.41) is 4.77. The predicted octanol–water partition coefficient (Wildman–Crippen LogP) is 2.53. The molecule has 0 aromatic carbocycles. The molecule has 0 radical (unpaired) electrons. The number of hydrogen-bond donors (Lipinski definition) is 1. The monoisotopic (exact) mass is 361 g/mol. The van der Waals surface area contributed by atoms with Gasteiger partial charge in [-0.1, -0.05) is 6.92 Å². The van der Waals surface area contributed by atoms with Crippen molar-refractivity contribution in [2.75, 3.05) is 39.0 Å². The molecule has 1 fully saturated rings. The Labute approximate surface area is 153 Å². The van der Waals surface area contributed by atoms with Crippen molar-refractivity contribution in [3.05, 3.63) is 16.8 Å². The van der Waals surface area contributed by atoms with Gasteiger partial charge in [0.2, 0.25) is 5.91 Å². The lowest BCUT2D eigenvalue weighted by Gasteiger charge is -2.32. The van der Waals surface area contributed by atoms with Crippen LogP contribution in [-0.2, 0) is 11.2 Å². The molecule has 0 saturated carbocycles. The van der Waals surface area contributed by atoms with Crippen LogP contribution in [0.4, 0.5) is 5.82 Å². The maximum Gasteiger partial charge on any atom is 0.236 e. The van der Waals surface area contributed by atoms with Crippen molar-refractivity contribution < 1.29 is 4.79 Å². The van der Waals surface area contributed by atoms with Gasteiger partial charge in [-0.15, -0.1) is 11.3 Å². The molecule has 7 heteroatoms. The molecule has 1 saturated heterocycles. The molecule has 1 aliphatic rings. The molecule has 0 aliphatic carbocycles. The van der Waals surface area contributed by atoms with E-state index in [0.29, 0.717) is 12.6 Å². The molecule has 25 heavy (non-hydrogen) atoms. The molecule has 3 rings (SSSR count). The van der Waals surface area contributed by atoms with Crippen LogP contribution in [0.15, 0.2) is 6.07 Å². The number of fused-ring (bicyclic) bond motifs is 1. The number of carbonyl (C=O) groups is 1. The summed E-state index contributed by atoms with van der Waals surface area (Å²) in [6.07, 6.45) is 3.07. The predicted molar refractivity (Wildman–Crippen MR) is 103 cm³/mol. The first-order valence-corrected chi connectivity index (χ1v) is 9.74. The number of hydrogen-bond acceptors (Lipinski definition) is 6. The second kappa shape index (κ2) is 7.66. The Morgan fingerprint density at radius 3 is 2.72 bits per heavy atom. The molecule has 1 aliphatic heterocycles. The minimum atomic E-state index is 0.171. The molecule has 1 N–H and O–H groups in total. The highest BCUT2D eigenvalue weighted by Crippen LogP contribution is 2.30. The number of aryl methyl sites for hydroxylation is 2. The third kappa shape index (κ3) is 4.27. The van der Waals surface area contributed by atoms with Gasteiger partial charge in [0.1, 0.15) is 16.5 Å². The van der Waals surface area contributed by atoms with E-state index in [1.165, 1.54) is 4.88 Å². The first-order chi connectivity index (χ1) is 12.0. The number of likely N-dealkylation sites (N-methyl/N-ethyl adjacent to an activating group) is 1. The first-order valence-electron chi connectivity index (χ1n) is 8.92. The number of piperidine rings is 1. The standard InChI is InChI=1S/C18H27N5OS/c1-5-14-10-15-17(19-12(2)20-18(15)25-14)21-13-6-8-23(9-7-13)11-16(24)22(3)4/h10,13H,5-9,11H2,1-4H3,(H,19,20,21).